The van der Waals surface area contributed by atoms with Gasteiger partial charge in [-0.1, -0.05) is 29.3 Å². The third kappa shape index (κ3) is 4.67. The van der Waals surface area contributed by atoms with E-state index >= 15 is 0 Å². The van der Waals surface area contributed by atoms with Gasteiger partial charge < -0.3 is 19.7 Å². The van der Waals surface area contributed by atoms with E-state index in [0.29, 0.717) is 32.7 Å². The highest BCUT2D eigenvalue weighted by atomic mass is 35.5. The average Bonchev–Trinajstić information content (AvgIpc) is 3.19. The van der Waals surface area contributed by atoms with Crippen LogP contribution in [-0.2, 0) is 9.53 Å². The van der Waals surface area contributed by atoms with Crippen molar-refractivity contribution in [2.45, 2.75) is 19.9 Å². The van der Waals surface area contributed by atoms with Gasteiger partial charge in [0.15, 0.2) is 10.9 Å². The zero-order valence-corrected chi connectivity index (χ0v) is 19.6. The van der Waals surface area contributed by atoms with E-state index in [-0.39, 0.29) is 31.1 Å². The molecule has 1 aliphatic heterocycles. The Morgan fingerprint density at radius 2 is 2.09 bits per heavy atom. The number of hydrogen-bond donors (Lipinski definition) is 1. The number of halogens is 2. The van der Waals surface area contributed by atoms with Crippen LogP contribution in [0.1, 0.15) is 22.2 Å². The van der Waals surface area contributed by atoms with Crippen LogP contribution in [0, 0.1) is 6.92 Å². The molecule has 0 saturated heterocycles. The maximum Gasteiger partial charge on any atom is 0.302 e. The number of ether oxygens (including phenoxy) is 2. The Morgan fingerprint density at radius 3 is 2.78 bits per heavy atom. The molecule has 1 unspecified atom stereocenters. The topological polar surface area (TPSA) is 80.8 Å². The minimum Gasteiger partial charge on any atom is -0.488 e. The number of carbonyl (C=O) groups excluding carboxylic acids is 2. The van der Waals surface area contributed by atoms with Gasteiger partial charge in [-0.15, -0.1) is 11.3 Å². The summed E-state index contributed by atoms with van der Waals surface area (Å²) < 4.78 is 11.2. The first-order valence-corrected chi connectivity index (χ1v) is 11.3. The number of rotatable bonds is 5. The van der Waals surface area contributed by atoms with Crippen molar-refractivity contribution < 1.29 is 19.1 Å². The van der Waals surface area contributed by atoms with Gasteiger partial charge in [-0.25, -0.2) is 4.98 Å². The predicted octanol–water partition coefficient (Wildman–Crippen LogP) is 5.47. The second-order valence-corrected chi connectivity index (χ2v) is 9.16. The van der Waals surface area contributed by atoms with Crippen LogP contribution >= 0.6 is 34.5 Å². The van der Waals surface area contributed by atoms with Crippen LogP contribution in [0.5, 0.6) is 5.75 Å². The van der Waals surface area contributed by atoms with Crippen molar-refractivity contribution in [3.8, 4) is 5.75 Å². The molecular formula is C22H19Cl2N3O4S. The summed E-state index contributed by atoms with van der Waals surface area (Å²) in [7, 11) is 0. The predicted molar refractivity (Wildman–Crippen MR) is 126 cm³/mol. The summed E-state index contributed by atoms with van der Waals surface area (Å²) in [6.45, 7) is 3.68. The zero-order valence-electron chi connectivity index (χ0n) is 17.2. The van der Waals surface area contributed by atoms with Crippen LogP contribution < -0.4 is 15.0 Å². The number of esters is 1. The normalized spacial score (nSPS) is 15.0. The lowest BCUT2D eigenvalue weighted by atomic mass is 10.1. The van der Waals surface area contributed by atoms with Crippen LogP contribution in [0.15, 0.2) is 42.6 Å². The first kappa shape index (κ1) is 22.4. The Morgan fingerprint density at radius 1 is 1.28 bits per heavy atom. The second kappa shape index (κ2) is 9.36. The molecule has 2 heterocycles. The fraction of sp³-hybridized carbons (Fsp3) is 0.227. The van der Waals surface area contributed by atoms with Crippen LogP contribution in [0.25, 0.3) is 0 Å². The number of anilines is 3. The van der Waals surface area contributed by atoms with E-state index < -0.39 is 0 Å². The van der Waals surface area contributed by atoms with Gasteiger partial charge in [0, 0.05) is 23.7 Å². The number of benzene rings is 2. The Kier molecular flexibility index (Phi) is 6.55. The van der Waals surface area contributed by atoms with Gasteiger partial charge in [-0.3, -0.25) is 9.59 Å². The SMILES string of the molecule is CC(=O)OCC1COc2c(C(=O)Nc3ccc(Cl)c(Cl)c3)cccc2N1c1ncc(C)s1. The molecule has 2 aromatic carbocycles. The van der Waals surface area contributed by atoms with Crippen molar-refractivity contribution >= 4 is 62.9 Å². The van der Waals surface area contributed by atoms with E-state index in [1.807, 2.05) is 17.9 Å². The fourth-order valence-corrected chi connectivity index (χ4v) is 4.46. The van der Waals surface area contributed by atoms with Gasteiger partial charge in [0.05, 0.1) is 21.3 Å². The molecule has 0 bridgehead atoms. The maximum atomic E-state index is 13.1. The molecule has 4 rings (SSSR count). The number of hydrogen-bond acceptors (Lipinski definition) is 7. The summed E-state index contributed by atoms with van der Waals surface area (Å²) in [4.78, 5) is 31.9. The van der Waals surface area contributed by atoms with Gasteiger partial charge in [0.25, 0.3) is 5.91 Å². The van der Waals surface area contributed by atoms with E-state index in [0.717, 1.165) is 10.0 Å². The van der Waals surface area contributed by atoms with Crippen LogP contribution in [-0.4, -0.2) is 36.1 Å². The molecule has 0 radical (unpaired) electrons. The second-order valence-electron chi connectivity index (χ2n) is 7.13. The van der Waals surface area contributed by atoms with Gasteiger partial charge in [-0.05, 0) is 37.3 Å². The molecule has 0 saturated carbocycles. The number of aryl methyl sites for hydroxylation is 1. The molecule has 0 aliphatic carbocycles. The Bertz CT molecular complexity index is 1180. The largest absolute Gasteiger partial charge is 0.488 e. The highest BCUT2D eigenvalue weighted by Gasteiger charge is 2.34. The molecule has 32 heavy (non-hydrogen) atoms. The van der Waals surface area contributed by atoms with Crippen LogP contribution in [0.4, 0.5) is 16.5 Å². The molecule has 166 valence electrons. The molecule has 1 amide bonds. The lowest BCUT2D eigenvalue weighted by Crippen LogP contribution is -2.44. The molecule has 1 aromatic heterocycles. The van der Waals surface area contributed by atoms with Crippen molar-refractivity contribution in [3.05, 3.63) is 63.1 Å². The smallest absolute Gasteiger partial charge is 0.302 e. The highest BCUT2D eigenvalue weighted by Crippen LogP contribution is 2.42. The van der Waals surface area contributed by atoms with Gasteiger partial charge >= 0.3 is 5.97 Å². The summed E-state index contributed by atoms with van der Waals surface area (Å²) in [5.74, 6) is -0.299. The Labute approximate surface area is 198 Å². The third-order valence-electron chi connectivity index (χ3n) is 4.76. The van der Waals surface area contributed by atoms with Crippen molar-refractivity contribution in [1.29, 1.82) is 0 Å². The van der Waals surface area contributed by atoms with Gasteiger partial charge in [0.1, 0.15) is 19.3 Å². The molecule has 0 fully saturated rings. The molecule has 7 nitrogen and oxygen atoms in total. The summed E-state index contributed by atoms with van der Waals surface area (Å²) in [5, 5.41) is 4.29. The van der Waals surface area contributed by atoms with Gasteiger partial charge in [0.2, 0.25) is 0 Å². The molecule has 1 aliphatic rings. The molecular weight excluding hydrogens is 473 g/mol. The monoisotopic (exact) mass is 491 g/mol. The Balaban J connectivity index is 1.68. The standard InChI is InChI=1S/C22H19Cl2N3O4S/c1-12-9-25-22(32-12)27-15(10-30-13(2)28)11-31-20-16(4-3-5-19(20)27)21(29)26-14-6-7-17(23)18(24)8-14/h3-9,15H,10-11H2,1-2H3,(H,26,29). The molecule has 10 heteroatoms. The minimum atomic E-state index is -0.374. The first-order valence-electron chi connectivity index (χ1n) is 9.70. The summed E-state index contributed by atoms with van der Waals surface area (Å²) in [6, 6.07) is 9.88. The number of nitrogens with zero attached hydrogens (tertiary/aromatic N) is 2. The van der Waals surface area contributed by atoms with Crippen molar-refractivity contribution in [2.75, 3.05) is 23.4 Å². The van der Waals surface area contributed by atoms with E-state index in [9.17, 15) is 9.59 Å². The summed E-state index contributed by atoms with van der Waals surface area (Å²) in [6.07, 6.45) is 1.78. The Hall–Kier alpha value is -2.81. The van der Waals surface area contributed by atoms with E-state index in [1.165, 1.54) is 18.3 Å². The van der Waals surface area contributed by atoms with E-state index in [1.54, 1.807) is 36.5 Å². The van der Waals surface area contributed by atoms with Gasteiger partial charge in [-0.2, -0.15) is 0 Å². The van der Waals surface area contributed by atoms with E-state index in [2.05, 4.69) is 10.3 Å². The number of aromatic nitrogens is 1. The highest BCUT2D eigenvalue weighted by molar-refractivity contribution is 7.15. The summed E-state index contributed by atoms with van der Waals surface area (Å²) >= 11 is 13.5. The lowest BCUT2D eigenvalue weighted by molar-refractivity contribution is -0.141. The maximum absolute atomic E-state index is 13.1. The van der Waals surface area contributed by atoms with Crippen molar-refractivity contribution in [3.63, 3.8) is 0 Å². The number of para-hydroxylation sites is 1. The lowest BCUT2D eigenvalue weighted by Gasteiger charge is -2.37. The number of thiazole rings is 1. The van der Waals surface area contributed by atoms with Crippen molar-refractivity contribution in [2.24, 2.45) is 0 Å². The zero-order chi connectivity index (χ0) is 22.8. The molecule has 1 N–H and O–H groups in total. The number of amides is 1. The minimum absolute atomic E-state index is 0.132. The molecule has 0 spiro atoms. The number of fused-ring (bicyclic) bond motifs is 1. The number of nitrogens with one attached hydrogen (secondary N) is 1. The van der Waals surface area contributed by atoms with Crippen LogP contribution in [0.2, 0.25) is 10.0 Å². The fourth-order valence-electron chi connectivity index (χ4n) is 3.32. The number of carbonyl (C=O) groups is 2. The summed E-state index contributed by atoms with van der Waals surface area (Å²) in [5.41, 5.74) is 1.54. The average molecular weight is 492 g/mol. The molecule has 3 aromatic rings. The quantitative estimate of drug-likeness (QED) is 0.476. The van der Waals surface area contributed by atoms with Crippen LogP contribution in [0.3, 0.4) is 0 Å². The first-order chi connectivity index (χ1) is 15.3. The van der Waals surface area contributed by atoms with E-state index in [4.69, 9.17) is 32.7 Å². The van der Waals surface area contributed by atoms with Crippen molar-refractivity contribution in [1.82, 2.24) is 4.98 Å². The molecule has 1 atom stereocenters. The third-order valence-corrected chi connectivity index (χ3v) is 6.41.